The van der Waals surface area contributed by atoms with Gasteiger partial charge in [0.25, 0.3) is 5.56 Å². The third kappa shape index (κ3) is 3.42. The van der Waals surface area contributed by atoms with Gasteiger partial charge < -0.3 is 9.72 Å². The minimum Gasteiger partial charge on any atom is -0.496 e. The Morgan fingerprint density at radius 3 is 2.84 bits per heavy atom. The molecule has 0 amide bonds. The number of nitriles is 1. The zero-order chi connectivity index (χ0) is 18.0. The maximum atomic E-state index is 12.0. The number of pyridine rings is 1. The number of nitrogens with zero attached hydrogens (tertiary/aromatic N) is 3. The zero-order valence-corrected chi connectivity index (χ0v) is 14.5. The minimum atomic E-state index is -0.395. The van der Waals surface area contributed by atoms with Gasteiger partial charge in [-0.15, -0.1) is 0 Å². The quantitative estimate of drug-likeness (QED) is 0.780. The summed E-state index contributed by atoms with van der Waals surface area (Å²) in [4.78, 5) is 14.7. The molecule has 2 aromatic heterocycles. The Kier molecular flexibility index (Phi) is 4.59. The molecule has 2 heterocycles. The third-order valence-electron chi connectivity index (χ3n) is 3.81. The Balaban J connectivity index is 2.12. The molecule has 0 radical (unpaired) electrons. The average Bonchev–Trinajstić information content (AvgIpc) is 2.99. The highest BCUT2D eigenvalue weighted by Gasteiger charge is 2.13. The Morgan fingerprint density at radius 2 is 2.20 bits per heavy atom. The van der Waals surface area contributed by atoms with E-state index in [-0.39, 0.29) is 5.56 Å². The lowest BCUT2D eigenvalue weighted by atomic mass is 9.98. The van der Waals surface area contributed by atoms with Gasteiger partial charge in [-0.25, -0.2) is 0 Å². The summed E-state index contributed by atoms with van der Waals surface area (Å²) >= 11 is 5.91. The number of aromatic nitrogens is 3. The predicted molar refractivity (Wildman–Crippen MR) is 94.8 cm³/mol. The molecule has 1 N–H and O–H groups in total. The van der Waals surface area contributed by atoms with Crippen LogP contribution in [0.4, 0.5) is 0 Å². The molecule has 0 fully saturated rings. The van der Waals surface area contributed by atoms with E-state index in [9.17, 15) is 10.1 Å². The van der Waals surface area contributed by atoms with Gasteiger partial charge >= 0.3 is 0 Å². The molecule has 0 saturated carbocycles. The van der Waals surface area contributed by atoms with Gasteiger partial charge in [0.05, 0.1) is 24.9 Å². The van der Waals surface area contributed by atoms with E-state index in [2.05, 4.69) is 10.1 Å². The van der Waals surface area contributed by atoms with Gasteiger partial charge in [-0.1, -0.05) is 17.7 Å². The van der Waals surface area contributed by atoms with E-state index >= 15 is 0 Å². The molecule has 0 bridgehead atoms. The lowest BCUT2D eigenvalue weighted by Gasteiger charge is -2.12. The molecular weight excluding hydrogens is 340 g/mol. The summed E-state index contributed by atoms with van der Waals surface area (Å²) in [5, 5.41) is 14.1. The van der Waals surface area contributed by atoms with E-state index in [4.69, 9.17) is 16.3 Å². The average molecular weight is 355 g/mol. The van der Waals surface area contributed by atoms with Crippen LogP contribution >= 0.6 is 11.6 Å². The third-order valence-corrected chi connectivity index (χ3v) is 4.00. The zero-order valence-electron chi connectivity index (χ0n) is 13.7. The van der Waals surface area contributed by atoms with Crippen LogP contribution in [0.2, 0.25) is 5.02 Å². The first kappa shape index (κ1) is 16.8. The largest absolute Gasteiger partial charge is 0.496 e. The number of halogens is 1. The van der Waals surface area contributed by atoms with E-state index in [0.29, 0.717) is 28.6 Å². The van der Waals surface area contributed by atoms with Crippen molar-refractivity contribution >= 4 is 11.6 Å². The van der Waals surface area contributed by atoms with Crippen molar-refractivity contribution in [3.8, 4) is 22.9 Å². The van der Waals surface area contributed by atoms with Crippen LogP contribution in [0.15, 0.2) is 41.5 Å². The SMILES string of the molecule is COc1ccc(-c2cc(C)[nH]c(=O)c2C#N)cc1Cn1cc(Cl)cn1. The molecule has 126 valence electrons. The number of aromatic amines is 1. The molecule has 0 atom stereocenters. The monoisotopic (exact) mass is 354 g/mol. The molecule has 0 aliphatic heterocycles. The van der Waals surface area contributed by atoms with Crippen LogP contribution in [0.3, 0.4) is 0 Å². The predicted octanol–water partition coefficient (Wildman–Crippen LogP) is 3.13. The van der Waals surface area contributed by atoms with Gasteiger partial charge in [-0.2, -0.15) is 10.4 Å². The number of methoxy groups -OCH3 is 1. The van der Waals surface area contributed by atoms with Crippen molar-refractivity contribution in [2.45, 2.75) is 13.5 Å². The van der Waals surface area contributed by atoms with Crippen LogP contribution in [-0.4, -0.2) is 21.9 Å². The van der Waals surface area contributed by atoms with Crippen molar-refractivity contribution in [2.75, 3.05) is 7.11 Å². The van der Waals surface area contributed by atoms with Crippen LogP contribution in [-0.2, 0) is 6.54 Å². The second-order valence-corrected chi connectivity index (χ2v) is 6.00. The second-order valence-electron chi connectivity index (χ2n) is 5.56. The molecular formula is C18H15ClN4O2. The van der Waals surface area contributed by atoms with Gasteiger partial charge in [0.15, 0.2) is 0 Å². The summed E-state index contributed by atoms with van der Waals surface area (Å²) < 4.78 is 7.10. The van der Waals surface area contributed by atoms with Crippen LogP contribution in [0.5, 0.6) is 5.75 Å². The molecule has 0 spiro atoms. The number of benzene rings is 1. The van der Waals surface area contributed by atoms with Gasteiger partial charge in [0, 0.05) is 23.0 Å². The second kappa shape index (κ2) is 6.83. The van der Waals surface area contributed by atoms with Gasteiger partial charge in [-0.3, -0.25) is 9.48 Å². The van der Waals surface area contributed by atoms with Crippen molar-refractivity contribution in [2.24, 2.45) is 0 Å². The molecule has 1 aromatic carbocycles. The lowest BCUT2D eigenvalue weighted by Crippen LogP contribution is -2.13. The summed E-state index contributed by atoms with van der Waals surface area (Å²) in [5.74, 6) is 0.690. The van der Waals surface area contributed by atoms with Gasteiger partial charge in [0.2, 0.25) is 0 Å². The molecule has 0 aliphatic carbocycles. The number of ether oxygens (including phenoxy) is 1. The molecule has 6 nitrogen and oxygen atoms in total. The smallest absolute Gasteiger partial charge is 0.266 e. The Hall–Kier alpha value is -3.04. The number of aryl methyl sites for hydroxylation is 1. The molecule has 0 aliphatic rings. The van der Waals surface area contributed by atoms with Gasteiger partial charge in [-0.05, 0) is 30.7 Å². The van der Waals surface area contributed by atoms with E-state index < -0.39 is 5.56 Å². The van der Waals surface area contributed by atoms with Crippen LogP contribution < -0.4 is 10.3 Å². The van der Waals surface area contributed by atoms with E-state index in [1.54, 1.807) is 37.2 Å². The van der Waals surface area contributed by atoms with Gasteiger partial charge in [0.1, 0.15) is 17.4 Å². The summed E-state index contributed by atoms with van der Waals surface area (Å²) in [7, 11) is 1.59. The fraction of sp³-hybridized carbons (Fsp3) is 0.167. The first-order valence-electron chi connectivity index (χ1n) is 7.51. The fourth-order valence-electron chi connectivity index (χ4n) is 2.70. The van der Waals surface area contributed by atoms with Crippen molar-refractivity contribution < 1.29 is 4.74 Å². The Bertz CT molecular complexity index is 1030. The fourth-order valence-corrected chi connectivity index (χ4v) is 2.85. The molecule has 0 saturated heterocycles. The molecule has 7 heteroatoms. The molecule has 3 rings (SSSR count). The topological polar surface area (TPSA) is 83.7 Å². The van der Waals surface area contributed by atoms with Crippen molar-refractivity contribution in [3.05, 3.63) is 68.9 Å². The summed E-state index contributed by atoms with van der Waals surface area (Å²) in [6, 6.07) is 9.30. The standard InChI is InChI=1S/C18H15ClN4O2/c1-11-5-15(16(7-20)18(24)22-11)12-3-4-17(25-2)13(6-12)9-23-10-14(19)8-21-23/h3-6,8,10H,9H2,1-2H3,(H,22,24). The van der Waals surface area contributed by atoms with Crippen molar-refractivity contribution in [3.63, 3.8) is 0 Å². The molecule has 25 heavy (non-hydrogen) atoms. The van der Waals surface area contributed by atoms with E-state index in [0.717, 1.165) is 11.1 Å². The highest BCUT2D eigenvalue weighted by atomic mass is 35.5. The first-order valence-corrected chi connectivity index (χ1v) is 7.89. The lowest BCUT2D eigenvalue weighted by molar-refractivity contribution is 0.407. The first-order chi connectivity index (χ1) is 12.0. The van der Waals surface area contributed by atoms with Crippen molar-refractivity contribution in [1.82, 2.24) is 14.8 Å². The number of H-pyrrole nitrogens is 1. The number of rotatable bonds is 4. The molecule has 3 aromatic rings. The van der Waals surface area contributed by atoms with Crippen LogP contribution in [0.1, 0.15) is 16.8 Å². The van der Waals surface area contributed by atoms with E-state index in [1.165, 1.54) is 0 Å². The normalized spacial score (nSPS) is 10.5. The maximum Gasteiger partial charge on any atom is 0.266 e. The van der Waals surface area contributed by atoms with Crippen molar-refractivity contribution in [1.29, 1.82) is 5.26 Å². The minimum absolute atomic E-state index is 0.0869. The summed E-state index contributed by atoms with van der Waals surface area (Å²) in [6.07, 6.45) is 3.28. The Labute approximate surface area is 149 Å². The highest BCUT2D eigenvalue weighted by Crippen LogP contribution is 2.28. The van der Waals surface area contributed by atoms with Crippen LogP contribution in [0, 0.1) is 18.3 Å². The Morgan fingerprint density at radius 1 is 1.40 bits per heavy atom. The summed E-state index contributed by atoms with van der Waals surface area (Å²) in [5.41, 5.74) is 2.60. The van der Waals surface area contributed by atoms with Crippen LogP contribution in [0.25, 0.3) is 11.1 Å². The van der Waals surface area contributed by atoms with E-state index in [1.807, 2.05) is 24.3 Å². The summed E-state index contributed by atoms with van der Waals surface area (Å²) in [6.45, 7) is 2.23. The number of hydrogen-bond donors (Lipinski definition) is 1. The number of hydrogen-bond acceptors (Lipinski definition) is 4. The number of nitrogens with one attached hydrogen (secondary N) is 1. The molecule has 0 unspecified atom stereocenters. The maximum absolute atomic E-state index is 12.0. The highest BCUT2D eigenvalue weighted by molar-refractivity contribution is 6.30.